The molecular weight excluding hydrogens is 417 g/mol. The molecule has 0 unspecified atom stereocenters. The molecule has 24 heavy (non-hydrogen) atoms. The van der Waals surface area contributed by atoms with Crippen LogP contribution in [0.25, 0.3) is 5.70 Å². The second-order valence-corrected chi connectivity index (χ2v) is 6.66. The SMILES string of the molecule is C=C1c2cc(OC)c(OC)cc2CCN1C(=O)c1ccccc1I. The van der Waals surface area contributed by atoms with Gasteiger partial charge in [0.05, 0.1) is 19.8 Å². The van der Waals surface area contributed by atoms with E-state index >= 15 is 0 Å². The maximum atomic E-state index is 12.9. The zero-order chi connectivity index (χ0) is 17.3. The molecule has 4 nitrogen and oxygen atoms in total. The van der Waals surface area contributed by atoms with Gasteiger partial charge >= 0.3 is 0 Å². The Labute approximate surface area is 155 Å². The van der Waals surface area contributed by atoms with E-state index in [4.69, 9.17) is 9.47 Å². The van der Waals surface area contributed by atoms with E-state index in [9.17, 15) is 4.79 Å². The molecule has 2 aromatic rings. The highest BCUT2D eigenvalue weighted by atomic mass is 127. The molecule has 5 heteroatoms. The van der Waals surface area contributed by atoms with Gasteiger partial charge < -0.3 is 14.4 Å². The Morgan fingerprint density at radius 1 is 1.17 bits per heavy atom. The number of carbonyl (C=O) groups excluding carboxylic acids is 1. The molecule has 0 aliphatic carbocycles. The summed E-state index contributed by atoms with van der Waals surface area (Å²) in [5.74, 6) is 1.31. The molecule has 0 aromatic heterocycles. The lowest BCUT2D eigenvalue weighted by Crippen LogP contribution is -2.35. The number of amides is 1. The van der Waals surface area contributed by atoms with Crippen molar-refractivity contribution in [2.75, 3.05) is 20.8 Å². The van der Waals surface area contributed by atoms with Crippen LogP contribution in [0.1, 0.15) is 21.5 Å². The molecule has 0 saturated heterocycles. The van der Waals surface area contributed by atoms with E-state index in [0.717, 1.165) is 21.1 Å². The fourth-order valence-electron chi connectivity index (χ4n) is 2.91. The topological polar surface area (TPSA) is 38.8 Å². The van der Waals surface area contributed by atoms with Crippen LogP contribution in [0.4, 0.5) is 0 Å². The Morgan fingerprint density at radius 2 is 1.83 bits per heavy atom. The van der Waals surface area contributed by atoms with E-state index < -0.39 is 0 Å². The van der Waals surface area contributed by atoms with Gasteiger partial charge in [0.2, 0.25) is 0 Å². The molecule has 3 rings (SSSR count). The minimum Gasteiger partial charge on any atom is -0.493 e. The summed E-state index contributed by atoms with van der Waals surface area (Å²) in [5.41, 5.74) is 3.44. The Balaban J connectivity index is 1.98. The lowest BCUT2D eigenvalue weighted by atomic mass is 9.95. The zero-order valence-electron chi connectivity index (χ0n) is 13.6. The molecule has 0 N–H and O–H groups in total. The third-order valence-corrected chi connectivity index (χ3v) is 5.14. The minimum atomic E-state index is -0.0227. The van der Waals surface area contributed by atoms with E-state index in [2.05, 4.69) is 29.2 Å². The lowest BCUT2D eigenvalue weighted by Gasteiger charge is -2.32. The number of methoxy groups -OCH3 is 2. The van der Waals surface area contributed by atoms with Gasteiger partial charge in [0.1, 0.15) is 0 Å². The lowest BCUT2D eigenvalue weighted by molar-refractivity contribution is 0.0832. The van der Waals surface area contributed by atoms with E-state index in [0.29, 0.717) is 29.3 Å². The molecule has 1 aliphatic rings. The highest BCUT2D eigenvalue weighted by Crippen LogP contribution is 2.37. The van der Waals surface area contributed by atoms with Crippen LogP contribution in [-0.4, -0.2) is 31.6 Å². The normalized spacial score (nSPS) is 13.5. The van der Waals surface area contributed by atoms with E-state index in [1.807, 2.05) is 36.4 Å². The fourth-order valence-corrected chi connectivity index (χ4v) is 3.53. The fraction of sp³-hybridized carbons (Fsp3) is 0.211. The number of nitrogens with zero attached hydrogens (tertiary/aromatic N) is 1. The number of rotatable bonds is 3. The molecule has 0 spiro atoms. The number of fused-ring (bicyclic) bond motifs is 1. The highest BCUT2D eigenvalue weighted by Gasteiger charge is 2.27. The highest BCUT2D eigenvalue weighted by molar-refractivity contribution is 14.1. The summed E-state index contributed by atoms with van der Waals surface area (Å²) >= 11 is 2.19. The first kappa shape index (κ1) is 16.8. The number of benzene rings is 2. The van der Waals surface area contributed by atoms with Crippen LogP contribution in [-0.2, 0) is 6.42 Å². The smallest absolute Gasteiger partial charge is 0.259 e. The van der Waals surface area contributed by atoms with Crippen molar-refractivity contribution in [3.63, 3.8) is 0 Å². The molecule has 0 saturated carbocycles. The number of hydrogen-bond acceptors (Lipinski definition) is 3. The van der Waals surface area contributed by atoms with Crippen molar-refractivity contribution in [1.29, 1.82) is 0 Å². The first-order valence-corrected chi connectivity index (χ1v) is 8.65. The molecule has 0 bridgehead atoms. The molecule has 0 fully saturated rings. The van der Waals surface area contributed by atoms with Crippen molar-refractivity contribution < 1.29 is 14.3 Å². The molecule has 0 radical (unpaired) electrons. The van der Waals surface area contributed by atoms with Crippen LogP contribution < -0.4 is 9.47 Å². The maximum absolute atomic E-state index is 12.9. The number of halogens is 1. The molecule has 2 aromatic carbocycles. The van der Waals surface area contributed by atoms with Gasteiger partial charge in [-0.1, -0.05) is 18.7 Å². The Bertz CT molecular complexity index is 816. The molecule has 0 atom stereocenters. The van der Waals surface area contributed by atoms with Crippen LogP contribution in [0.2, 0.25) is 0 Å². The number of ether oxygens (including phenoxy) is 2. The largest absolute Gasteiger partial charge is 0.493 e. The van der Waals surface area contributed by atoms with Gasteiger partial charge in [0.15, 0.2) is 11.5 Å². The van der Waals surface area contributed by atoms with Crippen molar-refractivity contribution in [3.05, 3.63) is 63.2 Å². The van der Waals surface area contributed by atoms with Crippen molar-refractivity contribution in [3.8, 4) is 11.5 Å². The number of carbonyl (C=O) groups is 1. The van der Waals surface area contributed by atoms with E-state index in [1.165, 1.54) is 0 Å². The Hall–Kier alpha value is -2.02. The third-order valence-electron chi connectivity index (χ3n) is 4.20. The van der Waals surface area contributed by atoms with Gasteiger partial charge in [-0.2, -0.15) is 0 Å². The standard InChI is InChI=1S/C19H18INO3/c1-12-15-11-18(24-3)17(23-2)10-13(15)8-9-21(12)19(22)14-6-4-5-7-16(14)20/h4-7,10-11H,1,8-9H2,2-3H3. The van der Waals surface area contributed by atoms with Gasteiger partial charge in [-0.25, -0.2) is 0 Å². The summed E-state index contributed by atoms with van der Waals surface area (Å²) in [4.78, 5) is 14.7. The van der Waals surface area contributed by atoms with Gasteiger partial charge in [0, 0.05) is 21.4 Å². The first-order chi connectivity index (χ1) is 11.6. The van der Waals surface area contributed by atoms with E-state index in [1.54, 1.807) is 19.1 Å². The van der Waals surface area contributed by atoms with Crippen LogP contribution in [0, 0.1) is 3.57 Å². The molecule has 1 heterocycles. The third kappa shape index (κ3) is 2.88. The van der Waals surface area contributed by atoms with Gasteiger partial charge in [-0.15, -0.1) is 0 Å². The second kappa shape index (κ2) is 6.84. The van der Waals surface area contributed by atoms with E-state index in [-0.39, 0.29) is 5.91 Å². The Morgan fingerprint density at radius 3 is 2.50 bits per heavy atom. The maximum Gasteiger partial charge on any atom is 0.259 e. The number of hydrogen-bond donors (Lipinski definition) is 0. The predicted molar refractivity (Wildman–Crippen MR) is 102 cm³/mol. The summed E-state index contributed by atoms with van der Waals surface area (Å²) < 4.78 is 11.7. The van der Waals surface area contributed by atoms with Crippen molar-refractivity contribution in [1.82, 2.24) is 4.90 Å². The quantitative estimate of drug-likeness (QED) is 0.685. The van der Waals surface area contributed by atoms with Crippen LogP contribution in [0.5, 0.6) is 11.5 Å². The summed E-state index contributed by atoms with van der Waals surface area (Å²) in [5, 5.41) is 0. The molecule has 124 valence electrons. The van der Waals surface area contributed by atoms with Crippen LogP contribution >= 0.6 is 22.6 Å². The second-order valence-electron chi connectivity index (χ2n) is 5.50. The van der Waals surface area contributed by atoms with Gasteiger partial charge in [0.25, 0.3) is 5.91 Å². The predicted octanol–water partition coefficient (Wildman–Crippen LogP) is 3.98. The summed E-state index contributed by atoms with van der Waals surface area (Å²) in [7, 11) is 3.22. The average Bonchev–Trinajstić information content (AvgIpc) is 2.61. The molecular formula is C19H18INO3. The minimum absolute atomic E-state index is 0.0227. The summed E-state index contributed by atoms with van der Waals surface area (Å²) in [6.45, 7) is 4.75. The van der Waals surface area contributed by atoms with Crippen molar-refractivity contribution in [2.45, 2.75) is 6.42 Å². The van der Waals surface area contributed by atoms with Crippen molar-refractivity contribution >= 4 is 34.2 Å². The van der Waals surface area contributed by atoms with Crippen LogP contribution in [0.3, 0.4) is 0 Å². The summed E-state index contributed by atoms with van der Waals surface area (Å²) in [6.07, 6.45) is 0.754. The summed E-state index contributed by atoms with van der Waals surface area (Å²) in [6, 6.07) is 11.4. The molecule has 1 aliphatic heterocycles. The average molecular weight is 435 g/mol. The monoisotopic (exact) mass is 435 g/mol. The zero-order valence-corrected chi connectivity index (χ0v) is 15.8. The van der Waals surface area contributed by atoms with Crippen LogP contribution in [0.15, 0.2) is 43.0 Å². The van der Waals surface area contributed by atoms with Crippen molar-refractivity contribution in [2.24, 2.45) is 0 Å². The van der Waals surface area contributed by atoms with Gasteiger partial charge in [-0.05, 0) is 58.8 Å². The molecule has 1 amide bonds. The van der Waals surface area contributed by atoms with Gasteiger partial charge in [-0.3, -0.25) is 4.79 Å². The Kier molecular flexibility index (Phi) is 4.80. The first-order valence-electron chi connectivity index (χ1n) is 7.57.